The van der Waals surface area contributed by atoms with Crippen molar-refractivity contribution in [2.24, 2.45) is 11.8 Å². The van der Waals surface area contributed by atoms with Gasteiger partial charge in [0.2, 0.25) is 0 Å². The summed E-state index contributed by atoms with van der Waals surface area (Å²) in [6.45, 7) is 3.67. The molecule has 0 amide bonds. The Morgan fingerprint density at radius 3 is 2.56 bits per heavy atom. The molecule has 0 radical (unpaired) electrons. The molecule has 0 saturated heterocycles. The maximum absolute atomic E-state index is 14.8. The van der Waals surface area contributed by atoms with Crippen LogP contribution in [-0.2, 0) is 45.0 Å². The number of ether oxygens (including phenoxy) is 2. The van der Waals surface area contributed by atoms with E-state index in [4.69, 9.17) is 9.47 Å². The molecule has 10 nitrogen and oxygen atoms in total. The second kappa shape index (κ2) is 17.3. The number of allylic oxidation sites excluding steroid dienone is 1. The van der Waals surface area contributed by atoms with Crippen molar-refractivity contribution in [3.05, 3.63) is 99.6 Å². The lowest BCUT2D eigenvalue weighted by atomic mass is 9.66. The monoisotopic (exact) mass is 775 g/mol. The number of aliphatic hydroxyl groups excluding tert-OH is 2. The van der Waals surface area contributed by atoms with Crippen molar-refractivity contribution in [1.82, 2.24) is 0 Å². The minimum absolute atomic E-state index is 0.0150. The van der Waals surface area contributed by atoms with Gasteiger partial charge < -0.3 is 35.2 Å². The van der Waals surface area contributed by atoms with E-state index in [1.807, 2.05) is 43.3 Å². The molecule has 3 aliphatic heterocycles. The van der Waals surface area contributed by atoms with Crippen LogP contribution in [0.5, 0.6) is 11.5 Å². The van der Waals surface area contributed by atoms with Gasteiger partial charge in [0.15, 0.2) is 0 Å². The molecule has 3 heterocycles. The van der Waals surface area contributed by atoms with Crippen LogP contribution in [0.3, 0.4) is 0 Å². The number of phenolic OH excluding ortho intramolecular Hbond substituents is 1. The van der Waals surface area contributed by atoms with Gasteiger partial charge in [-0.2, -0.15) is 0 Å². The number of carbonyl (C=O) groups is 3. The van der Waals surface area contributed by atoms with E-state index in [9.17, 15) is 34.8 Å². The third-order valence-electron chi connectivity index (χ3n) is 12.1. The van der Waals surface area contributed by atoms with Gasteiger partial charge in [-0.15, -0.1) is 0 Å². The second-order valence-corrected chi connectivity index (χ2v) is 16.4. The highest BCUT2D eigenvalue weighted by atomic mass is 16.6. The number of rotatable bonds is 7. The number of carbonyl (C=O) groups excluding carboxylic acids is 3. The van der Waals surface area contributed by atoms with Crippen molar-refractivity contribution < 1.29 is 44.3 Å². The summed E-state index contributed by atoms with van der Waals surface area (Å²) in [6.07, 6.45) is 4.03. The number of benzene rings is 3. The Hall–Kier alpha value is -4.95. The smallest absolute Gasteiger partial charge is 0.334 e. The van der Waals surface area contributed by atoms with E-state index >= 15 is 0 Å². The summed E-state index contributed by atoms with van der Waals surface area (Å²) >= 11 is 0. The number of aromatic hydroxyl groups is 1. The maximum atomic E-state index is 14.8. The largest absolute Gasteiger partial charge is 0.508 e. The fourth-order valence-corrected chi connectivity index (χ4v) is 9.16. The van der Waals surface area contributed by atoms with Crippen molar-refractivity contribution in [3.8, 4) is 23.3 Å². The van der Waals surface area contributed by atoms with Crippen LogP contribution in [0.4, 0.5) is 5.69 Å². The molecule has 0 spiro atoms. The third-order valence-corrected chi connectivity index (χ3v) is 12.1. The number of Topliss-reactive ketones (excluding diaryl/α,β-unsaturated/α-hetero) is 1. The molecule has 7 atom stereocenters. The molecule has 7 unspecified atom stereocenters. The van der Waals surface area contributed by atoms with E-state index < -0.39 is 41.6 Å². The van der Waals surface area contributed by atoms with Crippen LogP contribution in [0.15, 0.2) is 66.2 Å². The predicted octanol–water partition coefficient (Wildman–Crippen LogP) is 6.35. The molecule has 1 aliphatic carbocycles. The third kappa shape index (κ3) is 9.12. The summed E-state index contributed by atoms with van der Waals surface area (Å²) in [5.74, 6) is 4.02. The van der Waals surface area contributed by atoms with Gasteiger partial charge in [-0.3, -0.25) is 9.59 Å². The summed E-state index contributed by atoms with van der Waals surface area (Å²) in [6, 6.07) is 16.9. The van der Waals surface area contributed by atoms with Crippen LogP contribution in [0, 0.1) is 23.7 Å². The van der Waals surface area contributed by atoms with Gasteiger partial charge in [-0.05, 0) is 104 Å². The standard InChI is InChI=1S/C47H53NO9/c1-3-14-47(55)38-12-13-41(51)36(20-38)16-30-8-4-6-29(15-30)7-5-9-34-19-32(35-17-31(27-49)18-39(21-35)48-26-28(2)50)10-11-33-24-45(53)56-43-25-42(52)37(22-40(33)43)23-44(47)57-46(34)54/h4,6,8-9,15,17-18,21-22,25,28,32-33,36,38,44,48-50,52,55H,3,5,7,12-14,16,19-20,23-24,26-27H2,1-2H3. The number of anilines is 1. The van der Waals surface area contributed by atoms with Gasteiger partial charge in [0.05, 0.1) is 25.0 Å². The first-order valence-corrected chi connectivity index (χ1v) is 20.4. The Morgan fingerprint density at radius 2 is 1.77 bits per heavy atom. The molecule has 57 heavy (non-hydrogen) atoms. The number of aliphatic hydroxyl groups is 3. The Labute approximate surface area is 334 Å². The molecule has 4 aliphatic rings. The highest BCUT2D eigenvalue weighted by Crippen LogP contribution is 2.45. The zero-order chi connectivity index (χ0) is 40.3. The second-order valence-electron chi connectivity index (χ2n) is 16.4. The van der Waals surface area contributed by atoms with E-state index in [0.717, 1.165) is 16.7 Å². The fourth-order valence-electron chi connectivity index (χ4n) is 9.16. The van der Waals surface area contributed by atoms with Crippen molar-refractivity contribution >= 4 is 23.4 Å². The Balaban J connectivity index is 1.41. The average molecular weight is 776 g/mol. The van der Waals surface area contributed by atoms with Crippen LogP contribution < -0.4 is 10.1 Å². The number of aryl methyl sites for hydroxylation is 1. The van der Waals surface area contributed by atoms with Crippen LogP contribution in [-0.4, -0.2) is 62.5 Å². The lowest BCUT2D eigenvalue weighted by Crippen LogP contribution is -2.54. The predicted molar refractivity (Wildman–Crippen MR) is 215 cm³/mol. The van der Waals surface area contributed by atoms with Crippen LogP contribution in [0.1, 0.15) is 110 Å². The number of phenols is 1. The van der Waals surface area contributed by atoms with Crippen LogP contribution in [0.25, 0.3) is 0 Å². The fraction of sp³-hybridized carbons (Fsp3) is 0.468. The molecule has 7 rings (SSSR count). The summed E-state index contributed by atoms with van der Waals surface area (Å²) in [7, 11) is 0. The van der Waals surface area contributed by atoms with Gasteiger partial charge in [0, 0.05) is 54.1 Å². The van der Waals surface area contributed by atoms with Crippen molar-refractivity contribution in [2.45, 2.75) is 121 Å². The minimum Gasteiger partial charge on any atom is -0.508 e. The molecule has 300 valence electrons. The molecular formula is C47H53NO9. The van der Waals surface area contributed by atoms with Crippen molar-refractivity contribution in [3.63, 3.8) is 0 Å². The van der Waals surface area contributed by atoms with E-state index in [1.54, 1.807) is 19.1 Å². The van der Waals surface area contributed by atoms with Gasteiger partial charge in [-0.25, -0.2) is 4.79 Å². The summed E-state index contributed by atoms with van der Waals surface area (Å²) < 4.78 is 12.2. The van der Waals surface area contributed by atoms with E-state index in [2.05, 4.69) is 23.2 Å². The Morgan fingerprint density at radius 1 is 0.965 bits per heavy atom. The van der Waals surface area contributed by atoms with Crippen LogP contribution in [0.2, 0.25) is 0 Å². The van der Waals surface area contributed by atoms with E-state index in [1.165, 1.54) is 6.07 Å². The first-order valence-electron chi connectivity index (χ1n) is 20.4. The maximum Gasteiger partial charge on any atom is 0.334 e. The quantitative estimate of drug-likeness (QED) is 0.104. The van der Waals surface area contributed by atoms with Gasteiger partial charge in [0.25, 0.3) is 0 Å². The number of hydrogen-bond acceptors (Lipinski definition) is 10. The topological polar surface area (TPSA) is 163 Å². The van der Waals surface area contributed by atoms with Crippen LogP contribution >= 0.6 is 0 Å². The lowest BCUT2D eigenvalue weighted by molar-refractivity contribution is -0.176. The minimum atomic E-state index is -1.54. The molecule has 10 heteroatoms. The normalized spacial score (nSPS) is 26.7. The van der Waals surface area contributed by atoms with E-state index in [-0.39, 0.29) is 61.5 Å². The highest BCUT2D eigenvalue weighted by Gasteiger charge is 2.49. The number of hydrogen-bond donors (Lipinski definition) is 5. The summed E-state index contributed by atoms with van der Waals surface area (Å²) in [4.78, 5) is 41.2. The van der Waals surface area contributed by atoms with Gasteiger partial charge >= 0.3 is 11.9 Å². The Kier molecular flexibility index (Phi) is 12.2. The lowest BCUT2D eigenvalue weighted by Gasteiger charge is -2.45. The SMILES string of the molecule is CCCC1(O)C2CCC(=O)C(Cc3cccc(c3)CCC=C3CC(c4cc(CO)cc(NCC(C)O)c4)C#CC4CC(=O)Oc5cc(O)c(cc54)CC1OC3=O)C2. The summed E-state index contributed by atoms with van der Waals surface area (Å²) in [5.41, 5.74) is 4.00. The number of ketones is 1. The Bertz CT molecular complexity index is 2110. The first-order chi connectivity index (χ1) is 27.4. The molecule has 1 fully saturated rings. The first kappa shape index (κ1) is 40.3. The highest BCUT2D eigenvalue weighted by molar-refractivity contribution is 5.89. The summed E-state index contributed by atoms with van der Waals surface area (Å²) in [5, 5.41) is 48.0. The molecule has 1 saturated carbocycles. The van der Waals surface area contributed by atoms with Crippen molar-refractivity contribution in [2.75, 3.05) is 11.9 Å². The zero-order valence-corrected chi connectivity index (χ0v) is 32.8. The zero-order valence-electron chi connectivity index (χ0n) is 32.8. The number of nitrogens with one attached hydrogen (secondary N) is 1. The average Bonchev–Trinajstić information content (AvgIpc) is 3.19. The van der Waals surface area contributed by atoms with Gasteiger partial charge in [-0.1, -0.05) is 61.6 Å². The van der Waals surface area contributed by atoms with Gasteiger partial charge in [0.1, 0.15) is 29.0 Å². The molecule has 3 aromatic carbocycles. The molecule has 8 bridgehead atoms. The molecule has 0 aromatic heterocycles. The van der Waals surface area contributed by atoms with Crippen molar-refractivity contribution in [1.29, 1.82) is 0 Å². The number of fused-ring (bicyclic) bond motifs is 8. The molecule has 3 aromatic rings. The van der Waals surface area contributed by atoms with E-state index in [0.29, 0.717) is 79.3 Å². The molecular weight excluding hydrogens is 723 g/mol. The molecule has 5 N–H and O–H groups in total. The number of esters is 2.